The molecule has 0 saturated heterocycles. The van der Waals surface area contributed by atoms with Crippen molar-refractivity contribution in [3.63, 3.8) is 0 Å². The minimum Gasteiger partial charge on any atom is -0.508 e. The van der Waals surface area contributed by atoms with Crippen molar-refractivity contribution >= 4 is 17.5 Å². The van der Waals surface area contributed by atoms with Gasteiger partial charge in [0.2, 0.25) is 5.91 Å². The lowest BCUT2D eigenvalue weighted by molar-refractivity contribution is -0.194. The number of hydrogen-bond donors (Lipinski definition) is 2. The number of nitrogens with zero attached hydrogens (tertiary/aromatic N) is 2. The Kier molecular flexibility index (Phi) is 7.35. The molecule has 1 aliphatic carbocycles. The minimum atomic E-state index is -4.37. The van der Waals surface area contributed by atoms with Crippen LogP contribution in [0.2, 0.25) is 5.02 Å². The van der Waals surface area contributed by atoms with E-state index in [0.29, 0.717) is 17.0 Å². The van der Waals surface area contributed by atoms with Crippen LogP contribution in [0.5, 0.6) is 5.75 Å². The van der Waals surface area contributed by atoms with E-state index < -0.39 is 23.4 Å². The van der Waals surface area contributed by atoms with E-state index in [-0.39, 0.29) is 37.6 Å². The maximum Gasteiger partial charge on any atom is 0.395 e. The molecule has 174 valence electrons. The summed E-state index contributed by atoms with van der Waals surface area (Å²) in [6.07, 6.45) is -1.15. The van der Waals surface area contributed by atoms with Crippen molar-refractivity contribution in [2.24, 2.45) is 5.41 Å². The summed E-state index contributed by atoms with van der Waals surface area (Å²) in [6.45, 7) is 0.255. The predicted molar refractivity (Wildman–Crippen MR) is 117 cm³/mol. The van der Waals surface area contributed by atoms with Gasteiger partial charge < -0.3 is 15.3 Å². The van der Waals surface area contributed by atoms with Gasteiger partial charge in [-0.15, -0.1) is 0 Å². The van der Waals surface area contributed by atoms with E-state index in [1.807, 2.05) is 19.0 Å². The van der Waals surface area contributed by atoms with Crippen LogP contribution in [0.1, 0.15) is 36.3 Å². The summed E-state index contributed by atoms with van der Waals surface area (Å²) in [5.41, 5.74) is -0.572. The fourth-order valence-corrected chi connectivity index (χ4v) is 4.33. The van der Waals surface area contributed by atoms with E-state index in [4.69, 9.17) is 11.6 Å². The van der Waals surface area contributed by atoms with Gasteiger partial charge in [0.15, 0.2) is 0 Å². The molecule has 1 aromatic carbocycles. The number of pyridine rings is 1. The number of carbonyl (C=O) groups is 1. The van der Waals surface area contributed by atoms with Gasteiger partial charge in [0.05, 0.1) is 5.41 Å². The van der Waals surface area contributed by atoms with E-state index in [2.05, 4.69) is 10.3 Å². The quantitative estimate of drug-likeness (QED) is 0.565. The molecule has 1 saturated carbocycles. The SMILES string of the molecule is CN(C)[C@H](CNC(=O)C[C@H](c1ccncc1)C1(C(F)(F)F)CC1)Cc1ccc(O)cc1Cl. The molecule has 2 aromatic rings. The molecule has 1 heterocycles. The predicted octanol–water partition coefficient (Wildman–Crippen LogP) is 4.55. The number of alkyl halides is 3. The molecule has 0 bridgehead atoms. The third kappa shape index (κ3) is 5.53. The highest BCUT2D eigenvalue weighted by Crippen LogP contribution is 2.66. The Hall–Kier alpha value is -2.32. The summed E-state index contributed by atoms with van der Waals surface area (Å²) in [7, 11) is 3.71. The maximum absolute atomic E-state index is 13.8. The molecule has 1 fully saturated rings. The molecule has 9 heteroatoms. The first-order valence-electron chi connectivity index (χ1n) is 10.4. The number of rotatable bonds is 9. The normalized spacial score (nSPS) is 17.1. The third-order valence-electron chi connectivity index (χ3n) is 6.28. The smallest absolute Gasteiger partial charge is 0.395 e. The second-order valence-corrected chi connectivity index (χ2v) is 9.00. The lowest BCUT2D eigenvalue weighted by atomic mass is 9.80. The number of phenolic OH excluding ortho intramolecular Hbond substituents is 1. The topological polar surface area (TPSA) is 65.5 Å². The number of carbonyl (C=O) groups excluding carboxylic acids is 1. The van der Waals surface area contributed by atoms with Crippen LogP contribution in [-0.2, 0) is 11.2 Å². The van der Waals surface area contributed by atoms with E-state index in [9.17, 15) is 23.1 Å². The maximum atomic E-state index is 13.8. The molecule has 0 radical (unpaired) electrons. The third-order valence-corrected chi connectivity index (χ3v) is 6.63. The summed E-state index contributed by atoms with van der Waals surface area (Å²) in [5.74, 6) is -1.31. The lowest BCUT2D eigenvalue weighted by Gasteiger charge is -2.30. The number of aromatic hydroxyl groups is 1. The zero-order valence-electron chi connectivity index (χ0n) is 18.0. The summed E-state index contributed by atoms with van der Waals surface area (Å²) >= 11 is 6.20. The van der Waals surface area contributed by atoms with Crippen LogP contribution in [0.4, 0.5) is 13.2 Å². The first-order chi connectivity index (χ1) is 15.0. The van der Waals surface area contributed by atoms with Gasteiger partial charge in [0.25, 0.3) is 0 Å². The van der Waals surface area contributed by atoms with Gasteiger partial charge in [-0.2, -0.15) is 13.2 Å². The number of benzene rings is 1. The molecule has 1 aromatic heterocycles. The van der Waals surface area contributed by atoms with Crippen LogP contribution in [0.15, 0.2) is 42.7 Å². The second-order valence-electron chi connectivity index (χ2n) is 8.59. The number of amides is 1. The average Bonchev–Trinajstić information content (AvgIpc) is 3.53. The summed E-state index contributed by atoms with van der Waals surface area (Å²) in [6, 6.07) is 7.69. The standard InChI is InChI=1S/C23H27ClF3N3O2/c1-30(2)17(11-16-3-4-18(31)12-20(16)24)14-29-21(32)13-19(15-5-9-28-10-6-15)22(7-8-22)23(25,26)27/h3-6,9-10,12,17,19,31H,7-8,11,13-14H2,1-2H3,(H,29,32)/t17-,19+/m0/s1. The molecular formula is C23H27ClF3N3O2. The molecule has 0 aliphatic heterocycles. The van der Waals surface area contributed by atoms with Gasteiger partial charge in [-0.05, 0) is 68.8 Å². The Morgan fingerprint density at radius 1 is 1.25 bits per heavy atom. The van der Waals surface area contributed by atoms with Crippen molar-refractivity contribution in [2.45, 2.75) is 43.8 Å². The molecule has 0 unspecified atom stereocenters. The van der Waals surface area contributed by atoms with Gasteiger partial charge >= 0.3 is 6.18 Å². The fourth-order valence-electron chi connectivity index (χ4n) is 4.07. The van der Waals surface area contributed by atoms with Crippen molar-refractivity contribution in [2.75, 3.05) is 20.6 Å². The Morgan fingerprint density at radius 2 is 1.91 bits per heavy atom. The Balaban J connectivity index is 1.69. The largest absolute Gasteiger partial charge is 0.508 e. The van der Waals surface area contributed by atoms with Crippen LogP contribution in [0.25, 0.3) is 0 Å². The number of likely N-dealkylation sites (N-methyl/N-ethyl adjacent to an activating group) is 1. The summed E-state index contributed by atoms with van der Waals surface area (Å²) < 4.78 is 41.5. The van der Waals surface area contributed by atoms with Crippen LogP contribution in [0.3, 0.4) is 0 Å². The monoisotopic (exact) mass is 469 g/mol. The summed E-state index contributed by atoms with van der Waals surface area (Å²) in [4.78, 5) is 18.6. The zero-order chi connectivity index (χ0) is 23.5. The van der Waals surface area contributed by atoms with E-state index >= 15 is 0 Å². The van der Waals surface area contributed by atoms with Crippen LogP contribution in [0, 0.1) is 5.41 Å². The molecule has 1 aliphatic rings. The first kappa shape index (κ1) is 24.3. The van der Waals surface area contributed by atoms with Crippen molar-refractivity contribution in [1.82, 2.24) is 15.2 Å². The lowest BCUT2D eigenvalue weighted by Crippen LogP contribution is -2.42. The van der Waals surface area contributed by atoms with Crippen molar-refractivity contribution in [3.8, 4) is 5.75 Å². The fraction of sp³-hybridized carbons (Fsp3) is 0.478. The highest BCUT2D eigenvalue weighted by Gasteiger charge is 2.67. The van der Waals surface area contributed by atoms with Gasteiger partial charge in [0.1, 0.15) is 5.75 Å². The van der Waals surface area contributed by atoms with Gasteiger partial charge in [0, 0.05) is 42.3 Å². The van der Waals surface area contributed by atoms with Gasteiger partial charge in [-0.1, -0.05) is 17.7 Å². The number of phenols is 1. The molecular weight excluding hydrogens is 443 g/mol. The van der Waals surface area contributed by atoms with Crippen molar-refractivity contribution in [1.29, 1.82) is 0 Å². The van der Waals surface area contributed by atoms with Crippen LogP contribution >= 0.6 is 11.6 Å². The Morgan fingerprint density at radius 3 is 2.44 bits per heavy atom. The van der Waals surface area contributed by atoms with Crippen LogP contribution in [-0.4, -0.2) is 53.8 Å². The molecule has 2 N–H and O–H groups in total. The molecule has 0 spiro atoms. The van der Waals surface area contributed by atoms with Gasteiger partial charge in [-0.25, -0.2) is 0 Å². The first-order valence-corrected chi connectivity index (χ1v) is 10.8. The number of nitrogens with one attached hydrogen (secondary N) is 1. The highest BCUT2D eigenvalue weighted by atomic mass is 35.5. The van der Waals surface area contributed by atoms with Gasteiger partial charge in [-0.3, -0.25) is 9.78 Å². The Labute approximate surface area is 190 Å². The molecule has 1 amide bonds. The highest BCUT2D eigenvalue weighted by molar-refractivity contribution is 6.31. The van der Waals surface area contributed by atoms with E-state index in [1.165, 1.54) is 24.5 Å². The average molecular weight is 470 g/mol. The minimum absolute atomic E-state index is 0.0242. The van der Waals surface area contributed by atoms with Crippen LogP contribution < -0.4 is 5.32 Å². The van der Waals surface area contributed by atoms with Crippen molar-refractivity contribution in [3.05, 3.63) is 58.9 Å². The van der Waals surface area contributed by atoms with Crippen molar-refractivity contribution < 1.29 is 23.1 Å². The zero-order valence-corrected chi connectivity index (χ0v) is 18.7. The van der Waals surface area contributed by atoms with E-state index in [1.54, 1.807) is 18.2 Å². The number of hydrogen-bond acceptors (Lipinski definition) is 4. The molecule has 5 nitrogen and oxygen atoms in total. The molecule has 32 heavy (non-hydrogen) atoms. The van der Waals surface area contributed by atoms with E-state index in [0.717, 1.165) is 5.56 Å². The Bertz CT molecular complexity index is 934. The molecule has 3 rings (SSSR count). The molecule has 2 atom stereocenters. The second kappa shape index (κ2) is 9.67. The summed E-state index contributed by atoms with van der Waals surface area (Å²) in [5, 5.41) is 12.8. The number of halogens is 4. The number of aromatic nitrogens is 1.